The van der Waals surface area contributed by atoms with Gasteiger partial charge in [-0.05, 0) is 49.1 Å². The van der Waals surface area contributed by atoms with E-state index >= 15 is 0 Å². The van der Waals surface area contributed by atoms with Crippen molar-refractivity contribution in [3.63, 3.8) is 0 Å². The van der Waals surface area contributed by atoms with Crippen molar-refractivity contribution in [1.82, 2.24) is 0 Å². The van der Waals surface area contributed by atoms with Crippen LogP contribution in [0, 0.1) is 20.8 Å². The molecule has 5 nitrogen and oxygen atoms in total. The van der Waals surface area contributed by atoms with Crippen LogP contribution in [0.2, 0.25) is 0 Å². The molecule has 0 aromatic heterocycles. The molecule has 0 amide bonds. The minimum absolute atomic E-state index is 0.0548. The Kier molecular flexibility index (Phi) is 4.09. The summed E-state index contributed by atoms with van der Waals surface area (Å²) in [7, 11) is 1.67. The minimum atomic E-state index is -0.0548. The van der Waals surface area contributed by atoms with Crippen LogP contribution in [0.4, 0.5) is 0 Å². The van der Waals surface area contributed by atoms with Crippen molar-refractivity contribution in [3.05, 3.63) is 28.3 Å². The molecule has 5 heteroatoms. The van der Waals surface area contributed by atoms with Crippen LogP contribution in [0.3, 0.4) is 0 Å². The molecule has 17 heavy (non-hydrogen) atoms. The minimum Gasteiger partial charge on any atom is -0.496 e. The number of ether oxygens (including phenoxy) is 1. The zero-order valence-electron chi connectivity index (χ0n) is 10.6. The van der Waals surface area contributed by atoms with Gasteiger partial charge in [0.1, 0.15) is 5.75 Å². The normalized spacial score (nSPS) is 10.6. The molecule has 0 saturated heterocycles. The summed E-state index contributed by atoms with van der Waals surface area (Å²) in [5, 5.41) is 7.39. The van der Waals surface area contributed by atoms with E-state index < -0.39 is 0 Å². The van der Waals surface area contributed by atoms with E-state index in [4.69, 9.17) is 16.2 Å². The average molecular weight is 234 g/mol. The highest BCUT2D eigenvalue weighted by Crippen LogP contribution is 2.27. The van der Waals surface area contributed by atoms with E-state index in [0.717, 1.165) is 28.0 Å². The molecule has 0 heterocycles. The van der Waals surface area contributed by atoms with Crippen molar-refractivity contribution in [2.45, 2.75) is 20.8 Å². The summed E-state index contributed by atoms with van der Waals surface area (Å²) in [6, 6.07) is 1.99. The van der Waals surface area contributed by atoms with Crippen LogP contribution in [0.25, 0.3) is 0 Å². The molecule has 0 radical (unpaired) electrons. The molecule has 1 aromatic carbocycles. The van der Waals surface area contributed by atoms with Gasteiger partial charge in [-0.25, -0.2) is 0 Å². The van der Waals surface area contributed by atoms with Gasteiger partial charge < -0.3 is 16.2 Å². The number of guanidine groups is 1. The summed E-state index contributed by atoms with van der Waals surface area (Å²) in [6.45, 7) is 6.01. The fourth-order valence-electron chi connectivity index (χ4n) is 1.70. The van der Waals surface area contributed by atoms with Gasteiger partial charge in [0.25, 0.3) is 0 Å². The molecule has 0 saturated carbocycles. The molecule has 0 aliphatic rings. The standard InChI is InChI=1S/C12H18N4O/c1-7-5-10(6-15-16-12(13)14)8(2)9(3)11(7)17-4/h5-6H,1-4H3,(H4,13,14,16). The van der Waals surface area contributed by atoms with Gasteiger partial charge in [-0.3, -0.25) is 0 Å². The molecule has 0 fully saturated rings. The number of nitrogens with two attached hydrogens (primary N) is 2. The van der Waals surface area contributed by atoms with E-state index in [0.29, 0.717) is 0 Å². The molecular formula is C12H18N4O. The monoisotopic (exact) mass is 234 g/mol. The molecule has 0 unspecified atom stereocenters. The van der Waals surface area contributed by atoms with Crippen molar-refractivity contribution in [2.75, 3.05) is 7.11 Å². The Morgan fingerprint density at radius 3 is 2.41 bits per heavy atom. The van der Waals surface area contributed by atoms with Crippen molar-refractivity contribution in [1.29, 1.82) is 0 Å². The Morgan fingerprint density at radius 2 is 1.88 bits per heavy atom. The van der Waals surface area contributed by atoms with Gasteiger partial charge in [-0.2, -0.15) is 5.10 Å². The number of hydrogen-bond donors (Lipinski definition) is 2. The van der Waals surface area contributed by atoms with Crippen LogP contribution in [0.15, 0.2) is 16.3 Å². The molecule has 92 valence electrons. The predicted octanol–water partition coefficient (Wildman–Crippen LogP) is 1.23. The zero-order chi connectivity index (χ0) is 13.0. The zero-order valence-corrected chi connectivity index (χ0v) is 10.6. The third-order valence-corrected chi connectivity index (χ3v) is 2.64. The van der Waals surface area contributed by atoms with Crippen LogP contribution in [-0.2, 0) is 0 Å². The van der Waals surface area contributed by atoms with Gasteiger partial charge in [0.2, 0.25) is 5.96 Å². The van der Waals surface area contributed by atoms with Gasteiger partial charge in [0.15, 0.2) is 0 Å². The third-order valence-electron chi connectivity index (χ3n) is 2.64. The summed E-state index contributed by atoms with van der Waals surface area (Å²) in [4.78, 5) is 0. The summed E-state index contributed by atoms with van der Waals surface area (Å²) in [6.07, 6.45) is 1.63. The molecule has 0 aliphatic heterocycles. The predicted molar refractivity (Wildman–Crippen MR) is 70.6 cm³/mol. The maximum absolute atomic E-state index is 5.34. The lowest BCUT2D eigenvalue weighted by atomic mass is 9.99. The summed E-state index contributed by atoms with van der Waals surface area (Å²) >= 11 is 0. The third kappa shape index (κ3) is 2.96. The first-order valence-electron chi connectivity index (χ1n) is 5.24. The fourth-order valence-corrected chi connectivity index (χ4v) is 1.70. The number of rotatable bonds is 3. The number of benzene rings is 1. The number of methoxy groups -OCH3 is 1. The van der Waals surface area contributed by atoms with Crippen molar-refractivity contribution in [2.24, 2.45) is 21.7 Å². The lowest BCUT2D eigenvalue weighted by Crippen LogP contribution is -2.21. The fraction of sp³-hybridized carbons (Fsp3) is 0.333. The van der Waals surface area contributed by atoms with Crippen LogP contribution in [0.5, 0.6) is 5.75 Å². The average Bonchev–Trinajstić information content (AvgIpc) is 2.25. The second-order valence-corrected chi connectivity index (χ2v) is 3.84. The highest BCUT2D eigenvalue weighted by atomic mass is 16.5. The SMILES string of the molecule is COc1c(C)cc(C=NN=C(N)N)c(C)c1C. The highest BCUT2D eigenvalue weighted by molar-refractivity contribution is 5.84. The smallest absolute Gasteiger partial charge is 0.211 e. The lowest BCUT2D eigenvalue weighted by Gasteiger charge is -2.13. The van der Waals surface area contributed by atoms with Gasteiger partial charge >= 0.3 is 0 Å². The van der Waals surface area contributed by atoms with Crippen molar-refractivity contribution in [3.8, 4) is 5.75 Å². The summed E-state index contributed by atoms with van der Waals surface area (Å²) < 4.78 is 5.34. The van der Waals surface area contributed by atoms with Gasteiger partial charge in [0.05, 0.1) is 13.3 Å². The second-order valence-electron chi connectivity index (χ2n) is 3.84. The first-order valence-corrected chi connectivity index (χ1v) is 5.24. The molecule has 4 N–H and O–H groups in total. The van der Waals surface area contributed by atoms with Crippen LogP contribution in [-0.4, -0.2) is 19.3 Å². The lowest BCUT2D eigenvalue weighted by molar-refractivity contribution is 0.408. The Hall–Kier alpha value is -2.04. The van der Waals surface area contributed by atoms with Crippen LogP contribution < -0.4 is 16.2 Å². The first-order chi connectivity index (χ1) is 7.97. The summed E-state index contributed by atoms with van der Waals surface area (Å²) in [5.41, 5.74) is 14.6. The van der Waals surface area contributed by atoms with Gasteiger partial charge in [0, 0.05) is 0 Å². The number of nitrogens with zero attached hydrogens (tertiary/aromatic N) is 2. The maximum atomic E-state index is 5.34. The quantitative estimate of drug-likeness (QED) is 0.468. The van der Waals surface area contributed by atoms with Crippen LogP contribution in [0.1, 0.15) is 22.3 Å². The van der Waals surface area contributed by atoms with E-state index in [9.17, 15) is 0 Å². The number of aryl methyl sites for hydroxylation is 1. The molecule has 0 bridgehead atoms. The highest BCUT2D eigenvalue weighted by Gasteiger charge is 2.08. The largest absolute Gasteiger partial charge is 0.496 e. The van der Waals surface area contributed by atoms with Crippen LogP contribution >= 0.6 is 0 Å². The molecule has 0 atom stereocenters. The summed E-state index contributed by atoms with van der Waals surface area (Å²) in [5.74, 6) is 0.849. The van der Waals surface area contributed by atoms with E-state index in [2.05, 4.69) is 10.2 Å². The van der Waals surface area contributed by atoms with Crippen molar-refractivity contribution >= 4 is 12.2 Å². The molecule has 0 spiro atoms. The molecule has 1 aromatic rings. The second kappa shape index (κ2) is 5.34. The topological polar surface area (TPSA) is 86.0 Å². The van der Waals surface area contributed by atoms with Gasteiger partial charge in [-0.15, -0.1) is 5.10 Å². The number of hydrogen-bond acceptors (Lipinski definition) is 3. The Balaban J connectivity index is 3.19. The van der Waals surface area contributed by atoms with E-state index in [1.807, 2.05) is 26.8 Å². The Morgan fingerprint density at radius 1 is 1.24 bits per heavy atom. The molecule has 0 aliphatic carbocycles. The Bertz CT molecular complexity index is 474. The van der Waals surface area contributed by atoms with Crippen molar-refractivity contribution < 1.29 is 4.74 Å². The molecular weight excluding hydrogens is 216 g/mol. The Labute approximate surface area is 101 Å². The first kappa shape index (κ1) is 13.0. The van der Waals surface area contributed by atoms with E-state index in [-0.39, 0.29) is 5.96 Å². The van der Waals surface area contributed by atoms with E-state index in [1.54, 1.807) is 13.3 Å². The molecule has 1 rings (SSSR count). The maximum Gasteiger partial charge on any atom is 0.211 e. The van der Waals surface area contributed by atoms with Gasteiger partial charge in [-0.1, -0.05) is 0 Å². The van der Waals surface area contributed by atoms with E-state index in [1.165, 1.54) is 0 Å².